The van der Waals surface area contributed by atoms with Gasteiger partial charge in [-0.05, 0) is 30.2 Å². The predicted molar refractivity (Wildman–Crippen MR) is 106 cm³/mol. The molecule has 1 amide bonds. The maximum absolute atomic E-state index is 12.7. The molecule has 5 heteroatoms. The molecule has 0 heterocycles. The maximum Gasteiger partial charge on any atom is 0.272 e. The molecule has 0 bridgehead atoms. The summed E-state index contributed by atoms with van der Waals surface area (Å²) in [5, 5.41) is 13.8. The first kappa shape index (κ1) is 18.3. The van der Waals surface area contributed by atoms with Gasteiger partial charge in [0.05, 0.1) is 4.92 Å². The van der Waals surface area contributed by atoms with Crippen molar-refractivity contribution in [2.24, 2.45) is 0 Å². The monoisotopic (exact) mass is 360 g/mol. The average Bonchev–Trinajstić information content (AvgIpc) is 2.67. The van der Waals surface area contributed by atoms with Crippen LogP contribution >= 0.6 is 0 Å². The molecule has 0 aromatic heterocycles. The van der Waals surface area contributed by atoms with E-state index in [4.69, 9.17) is 0 Å². The number of nitrogens with zero attached hydrogens (tertiary/aromatic N) is 1. The highest BCUT2D eigenvalue weighted by molar-refractivity contribution is 5.91. The van der Waals surface area contributed by atoms with Crippen molar-refractivity contribution in [3.8, 4) is 0 Å². The molecule has 0 radical (unpaired) electrons. The molecule has 0 atom stereocenters. The van der Waals surface area contributed by atoms with E-state index in [2.05, 4.69) is 5.32 Å². The third-order valence-corrected chi connectivity index (χ3v) is 4.47. The van der Waals surface area contributed by atoms with Crippen LogP contribution in [0.2, 0.25) is 0 Å². The molecule has 0 saturated heterocycles. The summed E-state index contributed by atoms with van der Waals surface area (Å²) >= 11 is 0. The van der Waals surface area contributed by atoms with Gasteiger partial charge in [-0.15, -0.1) is 0 Å². The van der Waals surface area contributed by atoms with Gasteiger partial charge in [0, 0.05) is 29.7 Å². The zero-order valence-corrected chi connectivity index (χ0v) is 15.0. The Morgan fingerprint density at radius 2 is 1.52 bits per heavy atom. The SMILES string of the molecule is Cc1cc(NC(=O)CC(c2ccccc2)c2ccccc2)ccc1[N+](=O)[O-]. The molecular formula is C22H20N2O3. The Morgan fingerprint density at radius 3 is 2.00 bits per heavy atom. The Labute approximate surface area is 157 Å². The van der Waals surface area contributed by atoms with Crippen molar-refractivity contribution in [1.82, 2.24) is 0 Å². The first-order valence-electron chi connectivity index (χ1n) is 8.69. The fourth-order valence-corrected chi connectivity index (χ4v) is 3.13. The van der Waals surface area contributed by atoms with E-state index in [9.17, 15) is 14.9 Å². The number of rotatable bonds is 6. The van der Waals surface area contributed by atoms with E-state index >= 15 is 0 Å². The van der Waals surface area contributed by atoms with Gasteiger partial charge in [-0.2, -0.15) is 0 Å². The molecule has 3 aromatic rings. The van der Waals surface area contributed by atoms with Crippen molar-refractivity contribution < 1.29 is 9.72 Å². The van der Waals surface area contributed by atoms with E-state index in [0.717, 1.165) is 11.1 Å². The van der Waals surface area contributed by atoms with E-state index in [0.29, 0.717) is 11.3 Å². The molecule has 0 aliphatic carbocycles. The number of nitrogens with one attached hydrogen (secondary N) is 1. The standard InChI is InChI=1S/C22H20N2O3/c1-16-14-19(12-13-21(16)24(26)27)23-22(25)15-20(17-8-4-2-5-9-17)18-10-6-3-7-11-18/h2-14,20H,15H2,1H3,(H,23,25). The summed E-state index contributed by atoms with van der Waals surface area (Å²) in [7, 11) is 0. The quantitative estimate of drug-likeness (QED) is 0.493. The number of hydrogen-bond donors (Lipinski definition) is 1. The van der Waals surface area contributed by atoms with Crippen LogP contribution in [0.3, 0.4) is 0 Å². The highest BCUT2D eigenvalue weighted by Gasteiger charge is 2.19. The number of carbonyl (C=O) groups is 1. The van der Waals surface area contributed by atoms with Crippen molar-refractivity contribution >= 4 is 17.3 Å². The highest BCUT2D eigenvalue weighted by Crippen LogP contribution is 2.29. The second kappa shape index (κ2) is 8.27. The van der Waals surface area contributed by atoms with Gasteiger partial charge < -0.3 is 5.32 Å². The Hall–Kier alpha value is -3.47. The number of anilines is 1. The van der Waals surface area contributed by atoms with Crippen LogP contribution in [0.1, 0.15) is 29.0 Å². The largest absolute Gasteiger partial charge is 0.326 e. The fourth-order valence-electron chi connectivity index (χ4n) is 3.13. The lowest BCUT2D eigenvalue weighted by molar-refractivity contribution is -0.385. The Bertz CT molecular complexity index is 901. The number of nitro groups is 1. The van der Waals surface area contributed by atoms with Crippen LogP contribution in [0.5, 0.6) is 0 Å². The molecule has 0 aliphatic rings. The lowest BCUT2D eigenvalue weighted by atomic mass is 9.88. The molecule has 0 saturated carbocycles. The molecule has 0 spiro atoms. The highest BCUT2D eigenvalue weighted by atomic mass is 16.6. The maximum atomic E-state index is 12.7. The van der Waals surface area contributed by atoms with Gasteiger partial charge in [-0.1, -0.05) is 60.7 Å². The van der Waals surface area contributed by atoms with E-state index < -0.39 is 4.92 Å². The molecule has 3 rings (SSSR count). The lowest BCUT2D eigenvalue weighted by Crippen LogP contribution is -2.16. The van der Waals surface area contributed by atoms with E-state index in [1.54, 1.807) is 19.1 Å². The van der Waals surface area contributed by atoms with Crippen molar-refractivity contribution in [3.63, 3.8) is 0 Å². The predicted octanol–water partition coefficient (Wildman–Crippen LogP) is 5.06. The van der Waals surface area contributed by atoms with Gasteiger partial charge in [0.15, 0.2) is 0 Å². The van der Waals surface area contributed by atoms with Gasteiger partial charge in [-0.3, -0.25) is 14.9 Å². The fraction of sp³-hybridized carbons (Fsp3) is 0.136. The minimum Gasteiger partial charge on any atom is -0.326 e. The third kappa shape index (κ3) is 4.58. The topological polar surface area (TPSA) is 72.2 Å². The summed E-state index contributed by atoms with van der Waals surface area (Å²) in [5.41, 5.74) is 3.25. The summed E-state index contributed by atoms with van der Waals surface area (Å²) in [6, 6.07) is 24.4. The van der Waals surface area contributed by atoms with E-state index in [1.807, 2.05) is 60.7 Å². The summed E-state index contributed by atoms with van der Waals surface area (Å²) in [6.07, 6.45) is 0.282. The molecule has 5 nitrogen and oxygen atoms in total. The van der Waals surface area contributed by atoms with Crippen molar-refractivity contribution in [2.75, 3.05) is 5.32 Å². The third-order valence-electron chi connectivity index (χ3n) is 4.47. The normalized spacial score (nSPS) is 10.6. The van der Waals surface area contributed by atoms with E-state index in [-0.39, 0.29) is 23.9 Å². The lowest BCUT2D eigenvalue weighted by Gasteiger charge is -2.18. The van der Waals surface area contributed by atoms with Gasteiger partial charge in [0.1, 0.15) is 0 Å². The zero-order valence-electron chi connectivity index (χ0n) is 15.0. The number of aryl methyl sites for hydroxylation is 1. The van der Waals surface area contributed by atoms with Crippen LogP contribution in [0.25, 0.3) is 0 Å². The average molecular weight is 360 g/mol. The van der Waals surface area contributed by atoms with Crippen LogP contribution < -0.4 is 5.32 Å². The first-order valence-corrected chi connectivity index (χ1v) is 8.69. The smallest absolute Gasteiger partial charge is 0.272 e. The zero-order chi connectivity index (χ0) is 19.2. The van der Waals surface area contributed by atoms with Crippen molar-refractivity contribution in [3.05, 3.63) is 106 Å². The minimum atomic E-state index is -0.429. The molecule has 0 aliphatic heterocycles. The van der Waals surface area contributed by atoms with Crippen molar-refractivity contribution in [1.29, 1.82) is 0 Å². The van der Waals surface area contributed by atoms with Gasteiger partial charge in [0.2, 0.25) is 5.91 Å². The number of hydrogen-bond acceptors (Lipinski definition) is 3. The number of nitro benzene ring substituents is 1. The molecule has 0 unspecified atom stereocenters. The minimum absolute atomic E-state index is 0.0412. The molecule has 0 fully saturated rings. The van der Waals surface area contributed by atoms with Crippen LogP contribution in [-0.2, 0) is 4.79 Å². The first-order chi connectivity index (χ1) is 13.0. The van der Waals surface area contributed by atoms with Crippen LogP contribution in [0.15, 0.2) is 78.9 Å². The molecule has 27 heavy (non-hydrogen) atoms. The summed E-state index contributed by atoms with van der Waals surface area (Å²) in [6.45, 7) is 1.66. The summed E-state index contributed by atoms with van der Waals surface area (Å²) in [4.78, 5) is 23.2. The number of carbonyl (C=O) groups excluding carboxylic acids is 1. The summed E-state index contributed by atoms with van der Waals surface area (Å²) < 4.78 is 0. The van der Waals surface area contributed by atoms with Gasteiger partial charge >= 0.3 is 0 Å². The van der Waals surface area contributed by atoms with Gasteiger partial charge in [0.25, 0.3) is 5.69 Å². The Balaban J connectivity index is 1.79. The number of benzene rings is 3. The van der Waals surface area contributed by atoms with Crippen LogP contribution in [0.4, 0.5) is 11.4 Å². The Morgan fingerprint density at radius 1 is 0.963 bits per heavy atom. The second-order valence-corrected chi connectivity index (χ2v) is 6.38. The molecule has 3 aromatic carbocycles. The second-order valence-electron chi connectivity index (χ2n) is 6.38. The molecular weight excluding hydrogens is 340 g/mol. The van der Waals surface area contributed by atoms with Crippen molar-refractivity contribution in [2.45, 2.75) is 19.3 Å². The summed E-state index contributed by atoms with van der Waals surface area (Å²) in [5.74, 6) is -0.201. The molecule has 1 N–H and O–H groups in total. The number of amides is 1. The van der Waals surface area contributed by atoms with Gasteiger partial charge in [-0.25, -0.2) is 0 Å². The molecule has 136 valence electrons. The van der Waals surface area contributed by atoms with Crippen LogP contribution in [-0.4, -0.2) is 10.8 Å². The van der Waals surface area contributed by atoms with E-state index in [1.165, 1.54) is 6.07 Å². The Kier molecular flexibility index (Phi) is 5.61. The van der Waals surface area contributed by atoms with Crippen LogP contribution in [0, 0.1) is 17.0 Å².